The molecule has 4 aliphatic rings. The van der Waals surface area contributed by atoms with Crippen molar-refractivity contribution in [3.63, 3.8) is 0 Å². The largest absolute Gasteiger partial charge is 0.477 e. The van der Waals surface area contributed by atoms with Gasteiger partial charge in [-0.05, 0) is 37.1 Å². The molecule has 0 radical (unpaired) electrons. The Morgan fingerprint density at radius 3 is 2.56 bits per heavy atom. The van der Waals surface area contributed by atoms with Crippen molar-refractivity contribution in [2.75, 3.05) is 49.6 Å². The predicted octanol–water partition coefficient (Wildman–Crippen LogP) is 3.18. The molecule has 0 aromatic heterocycles. The van der Waals surface area contributed by atoms with Crippen molar-refractivity contribution < 1.29 is 28.5 Å². The molecule has 9 nitrogen and oxygen atoms in total. The number of hydrogen-bond donors (Lipinski definition) is 1. The third-order valence-corrected chi connectivity index (χ3v) is 7.23. The van der Waals surface area contributed by atoms with Crippen LogP contribution in [0.15, 0.2) is 42.5 Å². The Morgan fingerprint density at radius 1 is 0.944 bits per heavy atom. The summed E-state index contributed by atoms with van der Waals surface area (Å²) in [6, 6.07) is 13.0. The number of amides is 2. The molecule has 3 heterocycles. The van der Waals surface area contributed by atoms with E-state index in [4.69, 9.17) is 18.9 Å². The summed E-state index contributed by atoms with van der Waals surface area (Å²) in [5.41, 5.74) is 1.45. The van der Waals surface area contributed by atoms with Gasteiger partial charge in [0.1, 0.15) is 5.75 Å². The molecule has 2 fully saturated rings. The summed E-state index contributed by atoms with van der Waals surface area (Å²) in [5, 5.41) is 2.98. The van der Waals surface area contributed by atoms with E-state index in [0.29, 0.717) is 50.0 Å². The van der Waals surface area contributed by atoms with Crippen molar-refractivity contribution in [1.29, 1.82) is 0 Å². The van der Waals surface area contributed by atoms with Gasteiger partial charge >= 0.3 is 0 Å². The average molecular weight is 494 g/mol. The molecular formula is C27H31N3O6. The zero-order valence-electron chi connectivity index (χ0n) is 20.2. The van der Waals surface area contributed by atoms with Gasteiger partial charge in [-0.15, -0.1) is 0 Å². The van der Waals surface area contributed by atoms with Crippen molar-refractivity contribution in [1.82, 2.24) is 4.90 Å². The lowest BCUT2D eigenvalue weighted by atomic mass is 9.94. The quantitative estimate of drug-likeness (QED) is 0.700. The number of para-hydroxylation sites is 2. The number of ether oxygens (including phenoxy) is 4. The molecule has 1 saturated heterocycles. The van der Waals surface area contributed by atoms with E-state index in [1.807, 2.05) is 47.4 Å². The Hall–Kier alpha value is -3.46. The first-order valence-electron chi connectivity index (χ1n) is 12.8. The van der Waals surface area contributed by atoms with Gasteiger partial charge in [0.05, 0.1) is 32.0 Å². The fourth-order valence-corrected chi connectivity index (χ4v) is 5.41. The second kappa shape index (κ2) is 9.54. The Labute approximate surface area is 210 Å². The minimum atomic E-state index is -0.678. The summed E-state index contributed by atoms with van der Waals surface area (Å²) in [6.45, 7) is 2.53. The number of hydrogen-bond acceptors (Lipinski definition) is 7. The maximum absolute atomic E-state index is 13.1. The molecule has 1 atom stereocenters. The second-order valence-electron chi connectivity index (χ2n) is 9.78. The Morgan fingerprint density at radius 2 is 1.72 bits per heavy atom. The molecule has 2 aromatic rings. The molecule has 2 amide bonds. The van der Waals surface area contributed by atoms with Crippen molar-refractivity contribution in [2.24, 2.45) is 0 Å². The highest BCUT2D eigenvalue weighted by Gasteiger charge is 2.42. The van der Waals surface area contributed by atoms with E-state index in [9.17, 15) is 9.59 Å². The van der Waals surface area contributed by atoms with Crippen LogP contribution in [0.1, 0.15) is 32.1 Å². The summed E-state index contributed by atoms with van der Waals surface area (Å²) >= 11 is 0. The lowest BCUT2D eigenvalue weighted by Gasteiger charge is -2.38. The Kier molecular flexibility index (Phi) is 6.08. The van der Waals surface area contributed by atoms with Gasteiger partial charge in [0.15, 0.2) is 17.6 Å². The van der Waals surface area contributed by atoms with Gasteiger partial charge in [0, 0.05) is 37.7 Å². The van der Waals surface area contributed by atoms with Crippen molar-refractivity contribution in [2.45, 2.75) is 44.0 Å². The highest BCUT2D eigenvalue weighted by atomic mass is 16.7. The molecular weight excluding hydrogens is 462 g/mol. The van der Waals surface area contributed by atoms with Crippen LogP contribution in [0.5, 0.6) is 17.2 Å². The molecule has 6 rings (SSSR count). The van der Waals surface area contributed by atoms with E-state index in [2.05, 4.69) is 5.32 Å². The van der Waals surface area contributed by atoms with E-state index in [0.717, 1.165) is 37.1 Å². The maximum atomic E-state index is 13.1. The topological polar surface area (TPSA) is 89.6 Å². The number of carbonyl (C=O) groups excluding carboxylic acids is 2. The van der Waals surface area contributed by atoms with Crippen LogP contribution in [0.3, 0.4) is 0 Å². The molecule has 1 spiro atoms. The number of anilines is 2. The van der Waals surface area contributed by atoms with Crippen LogP contribution in [0.2, 0.25) is 0 Å². The number of carbonyl (C=O) groups is 2. The smallest absolute Gasteiger partial charge is 0.265 e. The molecule has 1 N–H and O–H groups in total. The zero-order valence-corrected chi connectivity index (χ0v) is 20.2. The highest BCUT2D eigenvalue weighted by Crippen LogP contribution is 2.46. The SMILES string of the molecule is O=C(CN1CC(C(=O)N2CCOCC2)Oc2ccccc21)Nc1ccc2c(c1)OC1(CCCCC1)O2. The number of nitrogens with one attached hydrogen (secondary N) is 1. The standard InChI is InChI=1S/C27H31N3O6/c31-25(28-19-8-9-22-23(16-19)36-27(35-22)10-4-1-5-11-27)18-30-17-24(26(32)29-12-14-33-15-13-29)34-21-7-3-2-6-20(21)30/h2-3,6-9,16,24H,1,4-5,10-15,17-18H2,(H,28,31). The predicted molar refractivity (Wildman–Crippen MR) is 133 cm³/mol. The lowest BCUT2D eigenvalue weighted by Crippen LogP contribution is -2.53. The van der Waals surface area contributed by atoms with Crippen molar-refractivity contribution in [3.8, 4) is 17.2 Å². The molecule has 2 aromatic carbocycles. The summed E-state index contributed by atoms with van der Waals surface area (Å²) in [4.78, 5) is 29.9. The van der Waals surface area contributed by atoms with Gasteiger partial charge < -0.3 is 34.1 Å². The molecule has 190 valence electrons. The molecule has 1 unspecified atom stereocenters. The number of fused-ring (bicyclic) bond motifs is 2. The summed E-state index contributed by atoms with van der Waals surface area (Å²) in [6.07, 6.45) is 4.47. The third kappa shape index (κ3) is 4.55. The van der Waals surface area contributed by atoms with E-state index < -0.39 is 11.9 Å². The monoisotopic (exact) mass is 493 g/mol. The highest BCUT2D eigenvalue weighted by molar-refractivity contribution is 5.95. The normalized spacial score (nSPS) is 22.1. The Balaban J connectivity index is 1.13. The van der Waals surface area contributed by atoms with Gasteiger partial charge in [-0.1, -0.05) is 18.6 Å². The van der Waals surface area contributed by atoms with E-state index >= 15 is 0 Å². The van der Waals surface area contributed by atoms with Crippen LogP contribution >= 0.6 is 0 Å². The lowest BCUT2D eigenvalue weighted by molar-refractivity contribution is -0.142. The van der Waals surface area contributed by atoms with Gasteiger partial charge in [0.2, 0.25) is 5.91 Å². The number of benzene rings is 2. The fourth-order valence-electron chi connectivity index (χ4n) is 5.41. The first kappa shape index (κ1) is 23.0. The fraction of sp³-hybridized carbons (Fsp3) is 0.481. The van der Waals surface area contributed by atoms with Gasteiger partial charge in [-0.3, -0.25) is 9.59 Å². The van der Waals surface area contributed by atoms with Gasteiger partial charge in [-0.25, -0.2) is 0 Å². The van der Waals surface area contributed by atoms with Crippen LogP contribution in [0, 0.1) is 0 Å². The van der Waals surface area contributed by atoms with Crippen LogP contribution in [-0.2, 0) is 14.3 Å². The van der Waals surface area contributed by atoms with E-state index in [-0.39, 0.29) is 18.4 Å². The molecule has 0 bridgehead atoms. The number of nitrogens with zero attached hydrogens (tertiary/aromatic N) is 2. The van der Waals surface area contributed by atoms with Crippen molar-refractivity contribution >= 4 is 23.2 Å². The number of morpholine rings is 1. The molecule has 9 heteroatoms. The van der Waals surface area contributed by atoms with Gasteiger partial charge in [0.25, 0.3) is 11.7 Å². The second-order valence-corrected chi connectivity index (χ2v) is 9.78. The molecule has 3 aliphatic heterocycles. The minimum Gasteiger partial charge on any atom is -0.477 e. The zero-order chi connectivity index (χ0) is 24.5. The van der Waals surface area contributed by atoms with Crippen LogP contribution in [0.25, 0.3) is 0 Å². The third-order valence-electron chi connectivity index (χ3n) is 7.23. The summed E-state index contributed by atoms with van der Waals surface area (Å²) < 4.78 is 23.8. The minimum absolute atomic E-state index is 0.0781. The summed E-state index contributed by atoms with van der Waals surface area (Å²) in [5.74, 6) is 1.18. The van der Waals surface area contributed by atoms with Crippen molar-refractivity contribution in [3.05, 3.63) is 42.5 Å². The van der Waals surface area contributed by atoms with E-state index in [1.165, 1.54) is 6.42 Å². The maximum Gasteiger partial charge on any atom is 0.265 e. The molecule has 1 saturated carbocycles. The average Bonchev–Trinajstić information content (AvgIpc) is 3.25. The molecule has 36 heavy (non-hydrogen) atoms. The van der Waals surface area contributed by atoms with Gasteiger partial charge in [-0.2, -0.15) is 0 Å². The van der Waals surface area contributed by atoms with Crippen LogP contribution in [-0.4, -0.2) is 68.0 Å². The first-order valence-corrected chi connectivity index (χ1v) is 12.8. The van der Waals surface area contributed by atoms with Crippen LogP contribution in [0.4, 0.5) is 11.4 Å². The number of rotatable bonds is 4. The van der Waals surface area contributed by atoms with Crippen LogP contribution < -0.4 is 24.4 Å². The molecule has 1 aliphatic carbocycles. The first-order chi connectivity index (χ1) is 17.6. The Bertz CT molecular complexity index is 1140. The summed E-state index contributed by atoms with van der Waals surface area (Å²) in [7, 11) is 0. The van der Waals surface area contributed by atoms with E-state index in [1.54, 1.807) is 4.90 Å².